The Labute approximate surface area is 154 Å². The summed E-state index contributed by atoms with van der Waals surface area (Å²) in [4.78, 5) is 24.4. The molecular formula is C20H15ClN2O3. The van der Waals surface area contributed by atoms with E-state index >= 15 is 0 Å². The maximum Gasteiger partial charge on any atom is 0.279 e. The predicted octanol–water partition coefficient (Wildman–Crippen LogP) is 3.26. The summed E-state index contributed by atoms with van der Waals surface area (Å²) in [6, 6.07) is 18.2. The van der Waals surface area contributed by atoms with Gasteiger partial charge in [-0.1, -0.05) is 41.9 Å². The van der Waals surface area contributed by atoms with E-state index in [2.05, 4.69) is 10.9 Å². The minimum atomic E-state index is -0.679. The van der Waals surface area contributed by atoms with Crippen molar-refractivity contribution in [3.8, 4) is 5.75 Å². The van der Waals surface area contributed by atoms with Crippen LogP contribution in [0.5, 0.6) is 5.75 Å². The largest absolute Gasteiger partial charge is 0.480 e. The number of carbonyl (C=O) groups is 2. The molecule has 0 saturated carbocycles. The molecule has 6 heteroatoms. The first-order chi connectivity index (χ1) is 12.6. The van der Waals surface area contributed by atoms with Crippen molar-refractivity contribution >= 4 is 34.2 Å². The molecule has 0 bridgehead atoms. The van der Waals surface area contributed by atoms with Gasteiger partial charge >= 0.3 is 0 Å². The summed E-state index contributed by atoms with van der Waals surface area (Å²) in [6.07, 6.45) is -0.222. The fourth-order valence-electron chi connectivity index (χ4n) is 3.04. The molecule has 1 atom stereocenters. The highest BCUT2D eigenvalue weighted by atomic mass is 35.5. The van der Waals surface area contributed by atoms with Crippen molar-refractivity contribution in [2.75, 3.05) is 0 Å². The van der Waals surface area contributed by atoms with Crippen molar-refractivity contribution in [2.45, 2.75) is 12.5 Å². The number of hydrogen-bond donors (Lipinski definition) is 2. The number of nitrogens with one attached hydrogen (secondary N) is 2. The lowest BCUT2D eigenvalue weighted by Crippen LogP contribution is -2.47. The molecular weight excluding hydrogens is 352 g/mol. The van der Waals surface area contributed by atoms with Crippen LogP contribution >= 0.6 is 11.6 Å². The van der Waals surface area contributed by atoms with Gasteiger partial charge in [0.25, 0.3) is 11.8 Å². The molecule has 1 heterocycles. The van der Waals surface area contributed by atoms with E-state index in [1.807, 2.05) is 36.4 Å². The zero-order valence-corrected chi connectivity index (χ0v) is 14.4. The maximum absolute atomic E-state index is 12.4. The van der Waals surface area contributed by atoms with E-state index in [4.69, 9.17) is 16.3 Å². The Hall–Kier alpha value is -3.05. The van der Waals surface area contributed by atoms with Gasteiger partial charge in [-0.2, -0.15) is 0 Å². The molecule has 0 saturated heterocycles. The van der Waals surface area contributed by atoms with Gasteiger partial charge < -0.3 is 4.74 Å². The van der Waals surface area contributed by atoms with Gasteiger partial charge in [-0.15, -0.1) is 0 Å². The number of hydrazine groups is 1. The molecule has 1 aliphatic heterocycles. The third-order valence-corrected chi connectivity index (χ3v) is 4.61. The molecule has 0 spiro atoms. The lowest BCUT2D eigenvalue weighted by Gasteiger charge is -2.12. The number of halogens is 1. The summed E-state index contributed by atoms with van der Waals surface area (Å²) in [5.74, 6) is -0.114. The molecule has 130 valence electrons. The lowest BCUT2D eigenvalue weighted by atomic mass is 10.0. The van der Waals surface area contributed by atoms with E-state index < -0.39 is 17.9 Å². The van der Waals surface area contributed by atoms with Crippen molar-refractivity contribution in [1.29, 1.82) is 0 Å². The topological polar surface area (TPSA) is 67.4 Å². The molecule has 0 aliphatic carbocycles. The van der Waals surface area contributed by atoms with Gasteiger partial charge in [0, 0.05) is 22.6 Å². The van der Waals surface area contributed by atoms with E-state index in [9.17, 15) is 9.59 Å². The number of benzene rings is 3. The summed E-state index contributed by atoms with van der Waals surface area (Å²) in [6.45, 7) is 0. The second-order valence-electron chi connectivity index (χ2n) is 6.02. The molecule has 5 nitrogen and oxygen atoms in total. The molecule has 2 N–H and O–H groups in total. The average molecular weight is 367 g/mol. The summed E-state index contributed by atoms with van der Waals surface area (Å²) in [5.41, 5.74) is 6.23. The summed E-state index contributed by atoms with van der Waals surface area (Å²) in [7, 11) is 0. The highest BCUT2D eigenvalue weighted by molar-refractivity contribution is 6.30. The number of amides is 2. The van der Waals surface area contributed by atoms with Crippen LogP contribution in [-0.4, -0.2) is 17.9 Å². The van der Waals surface area contributed by atoms with Gasteiger partial charge in [0.2, 0.25) is 0 Å². The molecule has 3 aromatic rings. The number of carbonyl (C=O) groups excluding carboxylic acids is 2. The van der Waals surface area contributed by atoms with Crippen molar-refractivity contribution in [3.05, 3.63) is 76.8 Å². The first kappa shape index (κ1) is 16.4. The standard InChI is InChI=1S/C20H15ClN2O3/c21-14-8-5-13(6-9-14)19(24)22-23-20(25)18-11-16-15-4-2-1-3-12(15)7-10-17(16)26-18/h1-10,18H,11H2,(H,22,24)(H,23,25)/t18-/m0/s1. The van der Waals surface area contributed by atoms with Crippen LogP contribution in [0.4, 0.5) is 0 Å². The first-order valence-electron chi connectivity index (χ1n) is 8.15. The van der Waals surface area contributed by atoms with Crippen molar-refractivity contribution in [3.63, 3.8) is 0 Å². The zero-order chi connectivity index (χ0) is 18.1. The summed E-state index contributed by atoms with van der Waals surface area (Å²) < 4.78 is 5.75. The van der Waals surface area contributed by atoms with E-state index in [1.165, 1.54) is 0 Å². The van der Waals surface area contributed by atoms with Crippen molar-refractivity contribution in [1.82, 2.24) is 10.9 Å². The van der Waals surface area contributed by atoms with E-state index in [1.54, 1.807) is 24.3 Å². The van der Waals surface area contributed by atoms with Gasteiger partial charge in [0.05, 0.1) is 0 Å². The summed E-state index contributed by atoms with van der Waals surface area (Å²) in [5, 5.41) is 2.72. The van der Waals surface area contributed by atoms with Crippen LogP contribution in [-0.2, 0) is 11.2 Å². The molecule has 0 unspecified atom stereocenters. The van der Waals surface area contributed by atoms with Crippen LogP contribution in [0.25, 0.3) is 10.8 Å². The monoisotopic (exact) mass is 366 g/mol. The Balaban J connectivity index is 1.42. The number of hydrogen-bond acceptors (Lipinski definition) is 3. The maximum atomic E-state index is 12.4. The quantitative estimate of drug-likeness (QED) is 0.684. The Morgan fingerprint density at radius 1 is 0.962 bits per heavy atom. The smallest absolute Gasteiger partial charge is 0.279 e. The SMILES string of the molecule is O=C(NNC(=O)[C@@H]1Cc2c(ccc3ccccc23)O1)c1ccc(Cl)cc1. The normalized spacial score (nSPS) is 15.2. The number of fused-ring (bicyclic) bond motifs is 3. The molecule has 2 amide bonds. The zero-order valence-electron chi connectivity index (χ0n) is 13.7. The van der Waals surface area contributed by atoms with Crippen LogP contribution < -0.4 is 15.6 Å². The fourth-order valence-corrected chi connectivity index (χ4v) is 3.16. The van der Waals surface area contributed by atoms with Crippen LogP contribution in [0.2, 0.25) is 5.02 Å². The molecule has 0 fully saturated rings. The molecule has 0 radical (unpaired) electrons. The predicted molar refractivity (Wildman–Crippen MR) is 99.1 cm³/mol. The lowest BCUT2D eigenvalue weighted by molar-refractivity contribution is -0.128. The molecule has 0 aromatic heterocycles. The fraction of sp³-hybridized carbons (Fsp3) is 0.100. The molecule has 4 rings (SSSR count). The minimum Gasteiger partial charge on any atom is -0.480 e. The Morgan fingerprint density at radius 3 is 2.54 bits per heavy atom. The first-order valence-corrected chi connectivity index (χ1v) is 8.52. The average Bonchev–Trinajstić information content (AvgIpc) is 3.11. The van der Waals surface area contributed by atoms with E-state index in [-0.39, 0.29) is 0 Å². The van der Waals surface area contributed by atoms with Gasteiger partial charge in [0.1, 0.15) is 5.75 Å². The van der Waals surface area contributed by atoms with Crippen LogP contribution in [0.3, 0.4) is 0 Å². The number of rotatable bonds is 2. The minimum absolute atomic E-state index is 0.396. The van der Waals surface area contributed by atoms with Gasteiger partial charge in [-0.05, 0) is 41.1 Å². The third kappa shape index (κ3) is 3.09. The second kappa shape index (κ2) is 6.69. The molecule has 26 heavy (non-hydrogen) atoms. The number of ether oxygens (including phenoxy) is 1. The van der Waals surface area contributed by atoms with Crippen LogP contribution in [0.1, 0.15) is 15.9 Å². The third-order valence-electron chi connectivity index (χ3n) is 4.35. The van der Waals surface area contributed by atoms with E-state index in [0.717, 1.165) is 16.3 Å². The Bertz CT molecular complexity index is 1000. The van der Waals surface area contributed by atoms with Gasteiger partial charge in [-0.25, -0.2) is 0 Å². The van der Waals surface area contributed by atoms with Crippen molar-refractivity contribution in [2.24, 2.45) is 0 Å². The molecule has 3 aromatic carbocycles. The van der Waals surface area contributed by atoms with Crippen LogP contribution in [0.15, 0.2) is 60.7 Å². The van der Waals surface area contributed by atoms with Crippen LogP contribution in [0, 0.1) is 0 Å². The molecule has 1 aliphatic rings. The van der Waals surface area contributed by atoms with Gasteiger partial charge in [0.15, 0.2) is 6.10 Å². The summed E-state index contributed by atoms with van der Waals surface area (Å²) >= 11 is 5.80. The Kier molecular flexibility index (Phi) is 4.22. The highest BCUT2D eigenvalue weighted by Gasteiger charge is 2.30. The van der Waals surface area contributed by atoms with E-state index in [0.29, 0.717) is 22.8 Å². The van der Waals surface area contributed by atoms with Crippen molar-refractivity contribution < 1.29 is 14.3 Å². The van der Waals surface area contributed by atoms with Gasteiger partial charge in [-0.3, -0.25) is 20.4 Å². The highest BCUT2D eigenvalue weighted by Crippen LogP contribution is 2.34. The second-order valence-corrected chi connectivity index (χ2v) is 6.46. The Morgan fingerprint density at radius 2 is 1.73 bits per heavy atom.